The van der Waals surface area contributed by atoms with Crippen LogP contribution in [0.25, 0.3) is 0 Å². The summed E-state index contributed by atoms with van der Waals surface area (Å²) in [5.41, 5.74) is 4.28. The molecule has 0 spiro atoms. The minimum Gasteiger partial charge on any atom is -0.497 e. The second kappa shape index (κ2) is 12.8. The third-order valence-corrected chi connectivity index (χ3v) is 7.64. The van der Waals surface area contributed by atoms with Gasteiger partial charge in [0.1, 0.15) is 5.75 Å². The molecule has 4 rings (SSSR count). The quantitative estimate of drug-likeness (QED) is 0.384. The molecule has 1 amide bonds. The van der Waals surface area contributed by atoms with E-state index in [0.717, 1.165) is 44.6 Å². The molecule has 202 valence electrons. The summed E-state index contributed by atoms with van der Waals surface area (Å²) in [7, 11) is 1.69. The van der Waals surface area contributed by atoms with E-state index in [0.29, 0.717) is 24.2 Å². The molecule has 7 nitrogen and oxygen atoms in total. The smallest absolute Gasteiger partial charge is 0.256 e. The Morgan fingerprint density at radius 3 is 2.50 bits per heavy atom. The van der Waals surface area contributed by atoms with Crippen molar-refractivity contribution in [2.75, 3.05) is 31.6 Å². The van der Waals surface area contributed by atoms with Gasteiger partial charge in [-0.15, -0.1) is 0 Å². The Kier molecular flexibility index (Phi) is 9.29. The number of nitrogens with zero attached hydrogens (tertiary/aromatic N) is 4. The fourth-order valence-corrected chi connectivity index (χ4v) is 5.15. The number of amides is 1. The summed E-state index contributed by atoms with van der Waals surface area (Å²) in [6, 6.07) is 12.7. The lowest BCUT2D eigenvalue weighted by atomic mass is 9.99. The van der Waals surface area contributed by atoms with Crippen molar-refractivity contribution in [3.63, 3.8) is 0 Å². The molecule has 3 heterocycles. The van der Waals surface area contributed by atoms with Crippen molar-refractivity contribution in [2.45, 2.75) is 58.7 Å². The molecule has 1 aliphatic heterocycles. The lowest BCUT2D eigenvalue weighted by molar-refractivity contribution is 0.0939. The average Bonchev–Trinajstić information content (AvgIpc) is 2.93. The molecule has 2 aromatic heterocycles. The van der Waals surface area contributed by atoms with Crippen LogP contribution in [0, 0.1) is 19.8 Å². The van der Waals surface area contributed by atoms with E-state index in [-0.39, 0.29) is 5.56 Å². The van der Waals surface area contributed by atoms with E-state index in [1.54, 1.807) is 20.1 Å². The van der Waals surface area contributed by atoms with E-state index in [1.165, 1.54) is 23.0 Å². The summed E-state index contributed by atoms with van der Waals surface area (Å²) in [5.74, 6) is -0.274. The zero-order valence-corrected chi connectivity index (χ0v) is 22.8. The molecular weight excluding hydrogens is 481 g/mol. The number of rotatable bonds is 10. The van der Waals surface area contributed by atoms with E-state index < -0.39 is 11.9 Å². The molecule has 1 N–H and O–H groups in total. The minimum atomic E-state index is -0.722. The standard InChI is InChI=1S/C30H38FN5O2/c1-21-9-14-32-19-24(21)20-36(25-5-7-27(38-4)8-6-25)26-12-17-35(18-13-26)23(3)11-16-34-30(37)28-22(2)10-15-33-29(28)31/h5-10,14-15,19,23,26H,11-13,16-18,20H2,1-4H3,(H,34,37). The largest absolute Gasteiger partial charge is 0.497 e. The molecule has 0 aliphatic carbocycles. The number of benzene rings is 1. The van der Waals surface area contributed by atoms with Crippen LogP contribution in [0.1, 0.15) is 53.2 Å². The predicted octanol–water partition coefficient (Wildman–Crippen LogP) is 4.92. The molecule has 0 bridgehead atoms. The van der Waals surface area contributed by atoms with Crippen LogP contribution in [-0.2, 0) is 6.54 Å². The number of nitrogens with one attached hydrogen (secondary N) is 1. The first-order chi connectivity index (χ1) is 18.4. The number of carbonyl (C=O) groups excluding carboxylic acids is 1. The Hall–Kier alpha value is -3.52. The van der Waals surface area contributed by atoms with Crippen LogP contribution >= 0.6 is 0 Å². The first kappa shape index (κ1) is 27.5. The maximum Gasteiger partial charge on any atom is 0.256 e. The van der Waals surface area contributed by atoms with Crippen molar-refractivity contribution < 1.29 is 13.9 Å². The van der Waals surface area contributed by atoms with E-state index in [4.69, 9.17) is 4.74 Å². The number of hydrogen-bond donors (Lipinski definition) is 1. The van der Waals surface area contributed by atoms with Gasteiger partial charge in [-0.05, 0) is 93.1 Å². The van der Waals surface area contributed by atoms with E-state index in [2.05, 4.69) is 57.1 Å². The van der Waals surface area contributed by atoms with Crippen molar-refractivity contribution in [1.29, 1.82) is 0 Å². The number of aryl methyl sites for hydroxylation is 2. The number of methoxy groups -OCH3 is 1. The molecule has 1 aromatic carbocycles. The SMILES string of the molecule is COc1ccc(N(Cc2cnccc2C)C2CCN(C(C)CCNC(=O)c3c(C)ccnc3F)CC2)cc1. The number of carbonyl (C=O) groups is 1. The van der Waals surface area contributed by atoms with Gasteiger partial charge in [0.25, 0.3) is 5.91 Å². The van der Waals surface area contributed by atoms with Gasteiger partial charge in [0, 0.05) is 62.5 Å². The second-order valence-electron chi connectivity index (χ2n) is 10.1. The fraction of sp³-hybridized carbons (Fsp3) is 0.433. The van der Waals surface area contributed by atoms with Crippen LogP contribution in [0.2, 0.25) is 0 Å². The van der Waals surface area contributed by atoms with Crippen LogP contribution in [0.4, 0.5) is 10.1 Å². The highest BCUT2D eigenvalue weighted by Gasteiger charge is 2.28. The third-order valence-electron chi connectivity index (χ3n) is 7.64. The maximum atomic E-state index is 14.0. The lowest BCUT2D eigenvalue weighted by Crippen LogP contribution is -2.48. The highest BCUT2D eigenvalue weighted by molar-refractivity contribution is 5.95. The Bertz CT molecular complexity index is 1190. The molecule has 3 aromatic rings. The number of halogens is 1. The van der Waals surface area contributed by atoms with Crippen molar-refractivity contribution in [1.82, 2.24) is 20.2 Å². The highest BCUT2D eigenvalue weighted by Crippen LogP contribution is 2.29. The first-order valence-corrected chi connectivity index (χ1v) is 13.3. The summed E-state index contributed by atoms with van der Waals surface area (Å²) in [4.78, 5) is 25.4. The van der Waals surface area contributed by atoms with Crippen molar-refractivity contribution in [3.8, 4) is 5.75 Å². The second-order valence-corrected chi connectivity index (χ2v) is 10.1. The molecule has 8 heteroatoms. The zero-order chi connectivity index (χ0) is 27.1. The Labute approximate surface area is 225 Å². The number of aromatic nitrogens is 2. The number of likely N-dealkylation sites (tertiary alicyclic amines) is 1. The van der Waals surface area contributed by atoms with Crippen LogP contribution in [0.15, 0.2) is 55.0 Å². The van der Waals surface area contributed by atoms with Gasteiger partial charge in [-0.2, -0.15) is 4.39 Å². The molecule has 1 unspecified atom stereocenters. The van der Waals surface area contributed by atoms with Gasteiger partial charge in [-0.3, -0.25) is 9.78 Å². The molecule has 1 saturated heterocycles. The first-order valence-electron chi connectivity index (χ1n) is 13.3. The summed E-state index contributed by atoms with van der Waals surface area (Å²) in [5, 5.41) is 2.87. The normalized spacial score (nSPS) is 15.2. The summed E-state index contributed by atoms with van der Waals surface area (Å²) >= 11 is 0. The van der Waals surface area contributed by atoms with Gasteiger partial charge in [0.2, 0.25) is 5.95 Å². The van der Waals surface area contributed by atoms with Gasteiger partial charge in [-0.1, -0.05) is 0 Å². The van der Waals surface area contributed by atoms with E-state index in [9.17, 15) is 9.18 Å². The van der Waals surface area contributed by atoms with Crippen LogP contribution in [0.5, 0.6) is 5.75 Å². The van der Waals surface area contributed by atoms with Crippen LogP contribution in [-0.4, -0.2) is 59.6 Å². The van der Waals surface area contributed by atoms with Crippen molar-refractivity contribution in [2.24, 2.45) is 0 Å². The fourth-order valence-electron chi connectivity index (χ4n) is 5.15. The summed E-state index contributed by atoms with van der Waals surface area (Å²) in [6.07, 6.45) is 8.07. The molecule has 1 atom stereocenters. The Balaban J connectivity index is 1.34. The number of piperidine rings is 1. The van der Waals surface area contributed by atoms with E-state index in [1.807, 2.05) is 24.5 Å². The maximum absolute atomic E-state index is 14.0. The van der Waals surface area contributed by atoms with Crippen molar-refractivity contribution >= 4 is 11.6 Å². The number of anilines is 1. The predicted molar refractivity (Wildman–Crippen MR) is 148 cm³/mol. The van der Waals surface area contributed by atoms with Gasteiger partial charge < -0.3 is 19.9 Å². The number of pyridine rings is 2. The molecular formula is C30H38FN5O2. The highest BCUT2D eigenvalue weighted by atomic mass is 19.1. The Morgan fingerprint density at radius 2 is 1.84 bits per heavy atom. The molecule has 1 aliphatic rings. The lowest BCUT2D eigenvalue weighted by Gasteiger charge is -2.42. The van der Waals surface area contributed by atoms with Crippen LogP contribution < -0.4 is 15.0 Å². The van der Waals surface area contributed by atoms with Gasteiger partial charge >= 0.3 is 0 Å². The summed E-state index contributed by atoms with van der Waals surface area (Å²) in [6.45, 7) is 9.31. The molecule has 38 heavy (non-hydrogen) atoms. The monoisotopic (exact) mass is 519 g/mol. The zero-order valence-electron chi connectivity index (χ0n) is 22.8. The number of ether oxygens (including phenoxy) is 1. The number of hydrogen-bond acceptors (Lipinski definition) is 6. The average molecular weight is 520 g/mol. The molecule has 0 radical (unpaired) electrons. The summed E-state index contributed by atoms with van der Waals surface area (Å²) < 4.78 is 19.4. The minimum absolute atomic E-state index is 0.0310. The van der Waals surface area contributed by atoms with Gasteiger partial charge in [0.05, 0.1) is 12.7 Å². The topological polar surface area (TPSA) is 70.6 Å². The van der Waals surface area contributed by atoms with Gasteiger partial charge in [-0.25, -0.2) is 4.98 Å². The van der Waals surface area contributed by atoms with Crippen molar-refractivity contribution in [3.05, 3.63) is 83.2 Å². The Morgan fingerprint density at radius 1 is 1.13 bits per heavy atom. The molecule has 0 saturated carbocycles. The third kappa shape index (κ3) is 6.67. The van der Waals surface area contributed by atoms with Gasteiger partial charge in [0.15, 0.2) is 0 Å². The van der Waals surface area contributed by atoms with E-state index >= 15 is 0 Å². The molecule has 1 fully saturated rings. The van der Waals surface area contributed by atoms with Crippen LogP contribution in [0.3, 0.4) is 0 Å².